The summed E-state index contributed by atoms with van der Waals surface area (Å²) in [7, 11) is 0. The maximum absolute atomic E-state index is 13.3. The summed E-state index contributed by atoms with van der Waals surface area (Å²) in [6.45, 7) is 3.69. The molecule has 0 spiro atoms. The highest BCUT2D eigenvalue weighted by atomic mass is 127. The van der Waals surface area contributed by atoms with Crippen molar-refractivity contribution in [2.45, 2.75) is 19.4 Å². The van der Waals surface area contributed by atoms with Crippen molar-refractivity contribution in [3.05, 3.63) is 48.4 Å². The standard InChI is InChI=1S/C17H15FIN4OP/c1-17(2)16(24)22(12-5-3-11(18)4-6-12)15-7-10-9-20-23(25-19)14(10)8-13(15)21-17/h3-9,21,25H,1-2H3. The summed E-state index contributed by atoms with van der Waals surface area (Å²) in [6.07, 6.45) is 2.29. The summed E-state index contributed by atoms with van der Waals surface area (Å²) in [5.41, 5.74) is 2.50. The second-order valence-corrected chi connectivity index (χ2v) is 8.48. The molecule has 128 valence electrons. The van der Waals surface area contributed by atoms with Crippen LogP contribution < -0.4 is 10.2 Å². The normalized spacial score (nSPS) is 16.5. The number of fused-ring (bicyclic) bond motifs is 2. The quantitative estimate of drug-likeness (QED) is 0.433. The molecule has 1 aromatic heterocycles. The first-order chi connectivity index (χ1) is 11.9. The average molecular weight is 468 g/mol. The number of benzene rings is 2. The number of nitrogens with zero attached hydrogens (tertiary/aromatic N) is 3. The summed E-state index contributed by atoms with van der Waals surface area (Å²) >= 11 is 2.29. The highest BCUT2D eigenvalue weighted by molar-refractivity contribution is 14.2. The average Bonchev–Trinajstić information content (AvgIpc) is 2.97. The van der Waals surface area contributed by atoms with Crippen LogP contribution in [-0.4, -0.2) is 21.0 Å². The van der Waals surface area contributed by atoms with Gasteiger partial charge in [0.15, 0.2) is 0 Å². The van der Waals surface area contributed by atoms with Crippen molar-refractivity contribution in [2.75, 3.05) is 10.2 Å². The second kappa shape index (κ2) is 5.92. The molecular formula is C17H15FIN4OP. The Morgan fingerprint density at radius 2 is 1.96 bits per heavy atom. The van der Waals surface area contributed by atoms with E-state index in [1.807, 2.05) is 30.4 Å². The number of amides is 1. The molecule has 1 aliphatic heterocycles. The molecular weight excluding hydrogens is 453 g/mol. The molecule has 4 rings (SSSR count). The minimum atomic E-state index is -0.771. The monoisotopic (exact) mass is 468 g/mol. The summed E-state index contributed by atoms with van der Waals surface area (Å²) in [4.78, 5) is 14.7. The Balaban J connectivity index is 1.95. The number of nitrogens with one attached hydrogen (secondary N) is 1. The van der Waals surface area contributed by atoms with Crippen molar-refractivity contribution < 1.29 is 9.18 Å². The Hall–Kier alpha value is -1.73. The maximum Gasteiger partial charge on any atom is 0.256 e. The predicted molar refractivity (Wildman–Crippen MR) is 109 cm³/mol. The lowest BCUT2D eigenvalue weighted by molar-refractivity contribution is -0.121. The van der Waals surface area contributed by atoms with E-state index in [-0.39, 0.29) is 11.7 Å². The van der Waals surface area contributed by atoms with Crippen LogP contribution in [0.4, 0.5) is 21.5 Å². The van der Waals surface area contributed by atoms with Gasteiger partial charge in [0.1, 0.15) is 11.4 Å². The summed E-state index contributed by atoms with van der Waals surface area (Å²) in [6, 6.07) is 9.95. The largest absolute Gasteiger partial charge is 0.370 e. The van der Waals surface area contributed by atoms with Gasteiger partial charge >= 0.3 is 0 Å². The molecule has 25 heavy (non-hydrogen) atoms. The molecule has 0 fully saturated rings. The van der Waals surface area contributed by atoms with Crippen LogP contribution in [-0.2, 0) is 4.79 Å². The third-order valence-electron chi connectivity index (χ3n) is 4.28. The Morgan fingerprint density at radius 1 is 1.24 bits per heavy atom. The molecule has 1 atom stereocenters. The maximum atomic E-state index is 13.3. The Morgan fingerprint density at radius 3 is 2.64 bits per heavy atom. The number of aromatic nitrogens is 2. The highest BCUT2D eigenvalue weighted by Gasteiger charge is 2.39. The zero-order chi connectivity index (χ0) is 17.8. The minimum Gasteiger partial charge on any atom is -0.370 e. The topological polar surface area (TPSA) is 50.2 Å². The number of hydrogen-bond acceptors (Lipinski definition) is 3. The van der Waals surface area contributed by atoms with Crippen molar-refractivity contribution in [3.8, 4) is 0 Å². The molecule has 2 heterocycles. The van der Waals surface area contributed by atoms with Gasteiger partial charge in [-0.2, -0.15) is 5.10 Å². The Labute approximate surface area is 158 Å². The molecule has 8 heteroatoms. The van der Waals surface area contributed by atoms with Gasteiger partial charge < -0.3 is 5.32 Å². The lowest BCUT2D eigenvalue weighted by Gasteiger charge is -2.40. The fourth-order valence-corrected chi connectivity index (χ4v) is 4.58. The van der Waals surface area contributed by atoms with Crippen LogP contribution in [0.25, 0.3) is 10.9 Å². The zero-order valence-electron chi connectivity index (χ0n) is 13.5. The zero-order valence-corrected chi connectivity index (χ0v) is 16.7. The molecule has 0 bridgehead atoms. The van der Waals surface area contributed by atoms with Crippen molar-refractivity contribution in [1.82, 2.24) is 9.55 Å². The molecule has 1 amide bonds. The molecule has 0 saturated heterocycles. The van der Waals surface area contributed by atoms with Gasteiger partial charge in [-0.1, -0.05) is 0 Å². The van der Waals surface area contributed by atoms with E-state index in [0.717, 1.165) is 22.3 Å². The third kappa shape index (κ3) is 2.69. The van der Waals surface area contributed by atoms with Crippen LogP contribution in [0.3, 0.4) is 0 Å². The molecule has 1 N–H and O–H groups in total. The molecule has 0 saturated carbocycles. The number of carbonyl (C=O) groups excluding carboxylic acids is 1. The van der Waals surface area contributed by atoms with Gasteiger partial charge in [-0.15, -0.1) is 0 Å². The number of hydrogen-bond donors (Lipinski definition) is 1. The third-order valence-corrected chi connectivity index (χ3v) is 6.16. The number of rotatable bonds is 2. The van der Waals surface area contributed by atoms with Crippen LogP contribution in [0, 0.1) is 5.82 Å². The molecule has 3 aromatic rings. The van der Waals surface area contributed by atoms with E-state index in [1.54, 1.807) is 23.2 Å². The first kappa shape index (κ1) is 16.7. The van der Waals surface area contributed by atoms with E-state index in [4.69, 9.17) is 0 Å². The van der Waals surface area contributed by atoms with Crippen molar-refractivity contribution in [3.63, 3.8) is 0 Å². The first-order valence-corrected chi connectivity index (χ1v) is 11.7. The van der Waals surface area contributed by atoms with Gasteiger partial charge in [-0.05, 0) is 72.3 Å². The minimum absolute atomic E-state index is 0.0888. The Bertz CT molecular complexity index is 986. The SMILES string of the molecule is CC1(C)Nc2cc3c(cnn3PI)cc2N(c2ccc(F)cc2)C1=O. The van der Waals surface area contributed by atoms with Crippen molar-refractivity contribution in [2.24, 2.45) is 0 Å². The van der Waals surface area contributed by atoms with E-state index in [9.17, 15) is 9.18 Å². The van der Waals surface area contributed by atoms with E-state index < -0.39 is 5.54 Å². The summed E-state index contributed by atoms with van der Waals surface area (Å²) in [5.74, 6) is -0.417. The van der Waals surface area contributed by atoms with Gasteiger partial charge in [0.25, 0.3) is 5.91 Å². The Kier molecular flexibility index (Phi) is 3.96. The second-order valence-electron chi connectivity index (χ2n) is 6.44. The van der Waals surface area contributed by atoms with Crippen LogP contribution in [0.15, 0.2) is 42.6 Å². The number of anilines is 3. The van der Waals surface area contributed by atoms with E-state index in [1.165, 1.54) is 12.1 Å². The molecule has 0 radical (unpaired) electrons. The van der Waals surface area contributed by atoms with E-state index >= 15 is 0 Å². The summed E-state index contributed by atoms with van der Waals surface area (Å²) < 4.78 is 15.3. The van der Waals surface area contributed by atoms with Gasteiger partial charge in [0.05, 0.1) is 29.5 Å². The van der Waals surface area contributed by atoms with Gasteiger partial charge in [0.2, 0.25) is 0 Å². The molecule has 1 unspecified atom stereocenters. The fourth-order valence-electron chi connectivity index (χ4n) is 3.04. The summed E-state index contributed by atoms with van der Waals surface area (Å²) in [5, 5.41) is 8.68. The van der Waals surface area contributed by atoms with Crippen LogP contribution in [0.5, 0.6) is 0 Å². The first-order valence-electron chi connectivity index (χ1n) is 7.67. The molecule has 5 nitrogen and oxygen atoms in total. The molecule has 1 aliphatic rings. The van der Waals surface area contributed by atoms with Gasteiger partial charge in [-0.3, -0.25) is 9.69 Å². The van der Waals surface area contributed by atoms with Gasteiger partial charge in [0, 0.05) is 11.1 Å². The van der Waals surface area contributed by atoms with Crippen LogP contribution in [0.2, 0.25) is 0 Å². The number of carbonyl (C=O) groups is 1. The van der Waals surface area contributed by atoms with Crippen LogP contribution in [0.1, 0.15) is 13.8 Å². The predicted octanol–water partition coefficient (Wildman–Crippen LogP) is 4.84. The van der Waals surface area contributed by atoms with E-state index in [2.05, 4.69) is 32.5 Å². The van der Waals surface area contributed by atoms with Crippen molar-refractivity contribution >= 4 is 62.3 Å². The van der Waals surface area contributed by atoms with Gasteiger partial charge in [-0.25, -0.2) is 8.84 Å². The van der Waals surface area contributed by atoms with Crippen LogP contribution >= 0.6 is 28.4 Å². The molecule has 2 aromatic carbocycles. The highest BCUT2D eigenvalue weighted by Crippen LogP contribution is 2.43. The molecule has 0 aliphatic carbocycles. The number of halogens is 2. The lowest BCUT2D eigenvalue weighted by Crippen LogP contribution is -2.52. The van der Waals surface area contributed by atoms with E-state index in [0.29, 0.717) is 12.1 Å². The smallest absolute Gasteiger partial charge is 0.256 e. The van der Waals surface area contributed by atoms with Crippen molar-refractivity contribution in [1.29, 1.82) is 0 Å². The lowest BCUT2D eigenvalue weighted by atomic mass is 9.96. The fraction of sp³-hybridized carbons (Fsp3) is 0.176.